The number of hydrogen-bond donors (Lipinski definition) is 0. The average Bonchev–Trinajstić information content (AvgIpc) is 2.17. The number of benzene rings is 1. The zero-order valence-electron chi connectivity index (χ0n) is 7.33. The van der Waals surface area contributed by atoms with E-state index in [-0.39, 0.29) is 0 Å². The molecule has 0 amide bonds. The molecule has 0 N–H and O–H groups in total. The average molecular weight is 201 g/mol. The number of halogens is 1. The molecule has 13 heavy (non-hydrogen) atoms. The molecule has 0 heterocycles. The third-order valence-electron chi connectivity index (χ3n) is 1.64. The number of carbonyl (C=O) groups is 1. The Morgan fingerprint density at radius 3 is 2.46 bits per heavy atom. The molecule has 0 unspecified atom stereocenters. The van der Waals surface area contributed by atoms with Gasteiger partial charge in [0, 0.05) is 0 Å². The van der Waals surface area contributed by atoms with Crippen LogP contribution in [0.15, 0.2) is 12.1 Å². The highest BCUT2D eigenvalue weighted by atomic mass is 35.5. The van der Waals surface area contributed by atoms with Crippen molar-refractivity contribution in [3.05, 3.63) is 22.7 Å². The van der Waals surface area contributed by atoms with E-state index in [1.165, 1.54) is 14.2 Å². The molecule has 1 aromatic rings. The molecule has 70 valence electrons. The lowest BCUT2D eigenvalue weighted by Gasteiger charge is -2.09. The first-order valence-electron chi connectivity index (χ1n) is 3.60. The van der Waals surface area contributed by atoms with E-state index < -0.39 is 0 Å². The summed E-state index contributed by atoms with van der Waals surface area (Å²) in [7, 11) is 2.95. The van der Waals surface area contributed by atoms with Gasteiger partial charge in [-0.2, -0.15) is 0 Å². The number of hydrogen-bond acceptors (Lipinski definition) is 3. The fraction of sp³-hybridized carbons (Fsp3) is 0.222. The van der Waals surface area contributed by atoms with Crippen molar-refractivity contribution in [1.29, 1.82) is 0 Å². The Kier molecular flexibility index (Phi) is 3.14. The first kappa shape index (κ1) is 9.86. The molecule has 0 aliphatic heterocycles. The predicted octanol–water partition coefficient (Wildman–Crippen LogP) is 2.17. The molecule has 1 rings (SSSR count). The second-order valence-corrected chi connectivity index (χ2v) is 2.70. The molecular formula is C9H9ClO3. The van der Waals surface area contributed by atoms with Crippen LogP contribution in [-0.2, 0) is 0 Å². The van der Waals surface area contributed by atoms with Crippen molar-refractivity contribution in [1.82, 2.24) is 0 Å². The third-order valence-corrected chi connectivity index (χ3v) is 2.00. The van der Waals surface area contributed by atoms with Gasteiger partial charge in [-0.3, -0.25) is 4.79 Å². The highest BCUT2D eigenvalue weighted by Crippen LogP contribution is 2.35. The van der Waals surface area contributed by atoms with E-state index in [1.54, 1.807) is 12.1 Å². The number of ether oxygens (including phenoxy) is 2. The summed E-state index contributed by atoms with van der Waals surface area (Å²) in [5.41, 5.74) is 0.410. The van der Waals surface area contributed by atoms with E-state index in [9.17, 15) is 4.79 Å². The van der Waals surface area contributed by atoms with Gasteiger partial charge >= 0.3 is 0 Å². The van der Waals surface area contributed by atoms with E-state index in [2.05, 4.69) is 0 Å². The van der Waals surface area contributed by atoms with Crippen LogP contribution in [0.2, 0.25) is 5.02 Å². The summed E-state index contributed by atoms with van der Waals surface area (Å²) in [5.74, 6) is 0.833. The minimum atomic E-state index is 0.314. The second-order valence-electron chi connectivity index (χ2n) is 2.32. The zero-order chi connectivity index (χ0) is 9.84. The van der Waals surface area contributed by atoms with Gasteiger partial charge in [0.15, 0.2) is 12.0 Å². The van der Waals surface area contributed by atoms with Crippen LogP contribution in [0.3, 0.4) is 0 Å². The Morgan fingerprint density at radius 1 is 1.31 bits per heavy atom. The van der Waals surface area contributed by atoms with E-state index in [0.29, 0.717) is 28.4 Å². The van der Waals surface area contributed by atoms with Crippen LogP contribution in [0.25, 0.3) is 0 Å². The summed E-state index contributed by atoms with van der Waals surface area (Å²) in [4.78, 5) is 10.6. The Morgan fingerprint density at radius 2 is 2.00 bits per heavy atom. The first-order chi connectivity index (χ1) is 6.24. The third kappa shape index (κ3) is 1.75. The molecule has 0 fully saturated rings. The maximum absolute atomic E-state index is 10.6. The van der Waals surface area contributed by atoms with Crippen molar-refractivity contribution in [2.75, 3.05) is 14.2 Å². The lowest BCUT2D eigenvalue weighted by molar-refractivity contribution is 0.112. The molecule has 0 bridgehead atoms. The molecule has 0 atom stereocenters. The van der Waals surface area contributed by atoms with Gasteiger partial charge in [-0.25, -0.2) is 0 Å². The lowest BCUT2D eigenvalue weighted by Crippen LogP contribution is -1.94. The van der Waals surface area contributed by atoms with Crippen molar-refractivity contribution in [3.8, 4) is 11.5 Å². The van der Waals surface area contributed by atoms with Crippen LogP contribution in [0, 0.1) is 0 Å². The van der Waals surface area contributed by atoms with Gasteiger partial charge < -0.3 is 9.47 Å². The second kappa shape index (κ2) is 4.14. The van der Waals surface area contributed by atoms with Crippen LogP contribution in [0.1, 0.15) is 10.4 Å². The standard InChI is InChI=1S/C9H9ClO3/c1-12-7-4-3-6(5-11)9(13-2)8(7)10/h3-5H,1-2H3. The highest BCUT2D eigenvalue weighted by Gasteiger charge is 2.11. The summed E-state index contributed by atoms with van der Waals surface area (Å²) in [5, 5.41) is 0.314. The summed E-state index contributed by atoms with van der Waals surface area (Å²) in [6.45, 7) is 0. The summed E-state index contributed by atoms with van der Waals surface area (Å²) >= 11 is 5.88. The van der Waals surface area contributed by atoms with Crippen LogP contribution in [0.4, 0.5) is 0 Å². The summed E-state index contributed by atoms with van der Waals surface area (Å²) in [6.07, 6.45) is 0.685. The van der Waals surface area contributed by atoms with Crippen LogP contribution < -0.4 is 9.47 Å². The van der Waals surface area contributed by atoms with Gasteiger partial charge in [-0.05, 0) is 12.1 Å². The monoisotopic (exact) mass is 200 g/mol. The molecule has 0 aliphatic carbocycles. The smallest absolute Gasteiger partial charge is 0.153 e. The Hall–Kier alpha value is -1.22. The summed E-state index contributed by atoms with van der Waals surface area (Å²) < 4.78 is 9.93. The number of carbonyl (C=O) groups excluding carboxylic acids is 1. The van der Waals surface area contributed by atoms with Crippen molar-refractivity contribution < 1.29 is 14.3 Å². The van der Waals surface area contributed by atoms with Crippen molar-refractivity contribution in [2.45, 2.75) is 0 Å². The van der Waals surface area contributed by atoms with Gasteiger partial charge in [0.2, 0.25) is 0 Å². The van der Waals surface area contributed by atoms with Crippen LogP contribution >= 0.6 is 11.6 Å². The van der Waals surface area contributed by atoms with Crippen molar-refractivity contribution in [3.63, 3.8) is 0 Å². The Labute approximate surface area is 81.2 Å². The largest absolute Gasteiger partial charge is 0.495 e. The van der Waals surface area contributed by atoms with Gasteiger partial charge in [0.05, 0.1) is 19.8 Å². The van der Waals surface area contributed by atoms with E-state index in [1.807, 2.05) is 0 Å². The van der Waals surface area contributed by atoms with Crippen molar-refractivity contribution >= 4 is 17.9 Å². The minimum Gasteiger partial charge on any atom is -0.495 e. The minimum absolute atomic E-state index is 0.314. The van der Waals surface area contributed by atoms with Gasteiger partial charge in [-0.15, -0.1) is 0 Å². The highest BCUT2D eigenvalue weighted by molar-refractivity contribution is 6.34. The predicted molar refractivity (Wildman–Crippen MR) is 49.9 cm³/mol. The fourth-order valence-electron chi connectivity index (χ4n) is 1.01. The molecule has 0 aliphatic rings. The van der Waals surface area contributed by atoms with E-state index >= 15 is 0 Å². The van der Waals surface area contributed by atoms with Gasteiger partial charge in [0.1, 0.15) is 10.8 Å². The van der Waals surface area contributed by atoms with Crippen molar-refractivity contribution in [2.24, 2.45) is 0 Å². The van der Waals surface area contributed by atoms with Crippen LogP contribution in [0.5, 0.6) is 11.5 Å². The normalized spacial score (nSPS) is 9.46. The number of aldehydes is 1. The molecular weight excluding hydrogens is 192 g/mol. The zero-order valence-corrected chi connectivity index (χ0v) is 8.09. The molecule has 0 aromatic heterocycles. The first-order valence-corrected chi connectivity index (χ1v) is 3.98. The molecule has 0 saturated heterocycles. The fourth-order valence-corrected chi connectivity index (χ4v) is 1.34. The molecule has 0 radical (unpaired) electrons. The number of rotatable bonds is 3. The molecule has 3 nitrogen and oxygen atoms in total. The molecule has 1 aromatic carbocycles. The maximum Gasteiger partial charge on any atom is 0.153 e. The maximum atomic E-state index is 10.6. The van der Waals surface area contributed by atoms with Crippen LogP contribution in [-0.4, -0.2) is 20.5 Å². The quantitative estimate of drug-likeness (QED) is 0.702. The van der Waals surface area contributed by atoms with Gasteiger partial charge in [-0.1, -0.05) is 11.6 Å². The topological polar surface area (TPSA) is 35.5 Å². The Balaban J connectivity index is 3.31. The SMILES string of the molecule is COc1ccc(C=O)c(OC)c1Cl. The molecule has 0 saturated carbocycles. The molecule has 4 heteroatoms. The van der Waals surface area contributed by atoms with E-state index in [0.717, 1.165) is 0 Å². The summed E-state index contributed by atoms with van der Waals surface area (Å²) in [6, 6.07) is 3.21. The van der Waals surface area contributed by atoms with Gasteiger partial charge in [0.25, 0.3) is 0 Å². The molecule has 0 spiro atoms. The lowest BCUT2D eigenvalue weighted by atomic mass is 10.2. The Bertz CT molecular complexity index is 323. The number of methoxy groups -OCH3 is 2. The van der Waals surface area contributed by atoms with E-state index in [4.69, 9.17) is 21.1 Å².